The monoisotopic (exact) mass is 280 g/mol. The van der Waals surface area contributed by atoms with Crippen LogP contribution in [0.3, 0.4) is 0 Å². The molecule has 0 unspecified atom stereocenters. The SMILES string of the molecule is Cc1ccc2c(c1)CCCN2CC(=O)Nc1ccccc1. The normalized spacial score (nSPS) is 13.7. The number of fused-ring (bicyclic) bond motifs is 1. The molecule has 3 rings (SSSR count). The first-order chi connectivity index (χ1) is 10.2. The molecule has 0 spiro atoms. The van der Waals surface area contributed by atoms with Crippen LogP contribution in [0, 0.1) is 6.92 Å². The van der Waals surface area contributed by atoms with Gasteiger partial charge in [-0.25, -0.2) is 0 Å². The van der Waals surface area contributed by atoms with Crippen molar-refractivity contribution in [1.29, 1.82) is 0 Å². The summed E-state index contributed by atoms with van der Waals surface area (Å²) in [4.78, 5) is 14.4. The number of nitrogens with zero attached hydrogens (tertiary/aromatic N) is 1. The van der Waals surface area contributed by atoms with E-state index in [2.05, 4.69) is 35.3 Å². The molecule has 0 radical (unpaired) electrons. The number of anilines is 2. The fourth-order valence-electron chi connectivity index (χ4n) is 2.86. The highest BCUT2D eigenvalue weighted by Crippen LogP contribution is 2.27. The number of carbonyl (C=O) groups is 1. The van der Waals surface area contributed by atoms with Gasteiger partial charge >= 0.3 is 0 Å². The zero-order chi connectivity index (χ0) is 14.7. The lowest BCUT2D eigenvalue weighted by Crippen LogP contribution is -2.36. The van der Waals surface area contributed by atoms with Gasteiger partial charge < -0.3 is 10.2 Å². The van der Waals surface area contributed by atoms with Crippen molar-refractivity contribution >= 4 is 17.3 Å². The van der Waals surface area contributed by atoms with Crippen molar-refractivity contribution in [3.63, 3.8) is 0 Å². The van der Waals surface area contributed by atoms with Crippen LogP contribution < -0.4 is 10.2 Å². The molecule has 0 saturated carbocycles. The first kappa shape index (κ1) is 13.7. The van der Waals surface area contributed by atoms with E-state index >= 15 is 0 Å². The van der Waals surface area contributed by atoms with Gasteiger partial charge in [0.1, 0.15) is 0 Å². The number of para-hydroxylation sites is 1. The van der Waals surface area contributed by atoms with E-state index in [1.54, 1.807) is 0 Å². The van der Waals surface area contributed by atoms with Gasteiger partial charge in [0.2, 0.25) is 5.91 Å². The van der Waals surface area contributed by atoms with Gasteiger partial charge in [0.05, 0.1) is 6.54 Å². The Kier molecular flexibility index (Phi) is 3.91. The summed E-state index contributed by atoms with van der Waals surface area (Å²) >= 11 is 0. The van der Waals surface area contributed by atoms with Crippen molar-refractivity contribution in [2.45, 2.75) is 19.8 Å². The van der Waals surface area contributed by atoms with Crippen LogP contribution in [0.2, 0.25) is 0 Å². The van der Waals surface area contributed by atoms with E-state index in [-0.39, 0.29) is 5.91 Å². The summed E-state index contributed by atoms with van der Waals surface area (Å²) < 4.78 is 0. The third-order valence-electron chi connectivity index (χ3n) is 3.84. The molecule has 0 atom stereocenters. The second kappa shape index (κ2) is 6.00. The summed E-state index contributed by atoms with van der Waals surface area (Å²) in [5, 5.41) is 2.95. The van der Waals surface area contributed by atoms with Gasteiger partial charge in [-0.15, -0.1) is 0 Å². The first-order valence-electron chi connectivity index (χ1n) is 7.42. The maximum atomic E-state index is 12.2. The van der Waals surface area contributed by atoms with Crippen LogP contribution in [-0.2, 0) is 11.2 Å². The maximum absolute atomic E-state index is 12.2. The van der Waals surface area contributed by atoms with Gasteiger partial charge in [-0.3, -0.25) is 4.79 Å². The molecule has 1 aliphatic rings. The molecule has 0 saturated heterocycles. The molecule has 0 bridgehead atoms. The van der Waals surface area contributed by atoms with Crippen LogP contribution in [0.4, 0.5) is 11.4 Å². The molecule has 0 aromatic heterocycles. The summed E-state index contributed by atoms with van der Waals surface area (Å²) in [5.41, 5.74) is 4.69. The van der Waals surface area contributed by atoms with E-state index in [0.29, 0.717) is 6.54 Å². The summed E-state index contributed by atoms with van der Waals surface area (Å²) in [6, 6.07) is 16.1. The molecule has 0 fully saturated rings. The summed E-state index contributed by atoms with van der Waals surface area (Å²) in [6.45, 7) is 3.46. The minimum Gasteiger partial charge on any atom is -0.362 e. The summed E-state index contributed by atoms with van der Waals surface area (Å²) in [5.74, 6) is 0.0367. The van der Waals surface area contributed by atoms with Crippen LogP contribution in [0.25, 0.3) is 0 Å². The second-order valence-corrected chi connectivity index (χ2v) is 5.57. The highest BCUT2D eigenvalue weighted by Gasteiger charge is 2.19. The van der Waals surface area contributed by atoms with Crippen molar-refractivity contribution < 1.29 is 4.79 Å². The summed E-state index contributed by atoms with van der Waals surface area (Å²) in [6.07, 6.45) is 2.21. The minimum absolute atomic E-state index is 0.0367. The Balaban J connectivity index is 1.70. The number of hydrogen-bond acceptors (Lipinski definition) is 2. The Labute approximate surface area is 125 Å². The number of rotatable bonds is 3. The van der Waals surface area contributed by atoms with E-state index in [1.165, 1.54) is 16.8 Å². The van der Waals surface area contributed by atoms with Crippen LogP contribution >= 0.6 is 0 Å². The van der Waals surface area contributed by atoms with Gasteiger partial charge in [0.15, 0.2) is 0 Å². The minimum atomic E-state index is 0.0367. The fraction of sp³-hybridized carbons (Fsp3) is 0.278. The highest BCUT2D eigenvalue weighted by atomic mass is 16.2. The molecule has 1 heterocycles. The quantitative estimate of drug-likeness (QED) is 0.934. The van der Waals surface area contributed by atoms with Gasteiger partial charge in [-0.1, -0.05) is 35.9 Å². The smallest absolute Gasteiger partial charge is 0.243 e. The van der Waals surface area contributed by atoms with Gasteiger partial charge in [0, 0.05) is 17.9 Å². The lowest BCUT2D eigenvalue weighted by molar-refractivity contribution is -0.115. The molecule has 1 aliphatic heterocycles. The molecule has 0 aliphatic carbocycles. The number of nitrogens with one attached hydrogen (secondary N) is 1. The standard InChI is InChI=1S/C18H20N2O/c1-14-9-10-17-15(12-14)6-5-11-20(17)13-18(21)19-16-7-3-2-4-8-16/h2-4,7-10,12H,5-6,11,13H2,1H3,(H,19,21). The summed E-state index contributed by atoms with van der Waals surface area (Å²) in [7, 11) is 0. The first-order valence-corrected chi connectivity index (χ1v) is 7.42. The lowest BCUT2D eigenvalue weighted by atomic mass is 9.99. The Morgan fingerprint density at radius 3 is 2.81 bits per heavy atom. The van der Waals surface area contributed by atoms with Gasteiger partial charge in [0.25, 0.3) is 0 Å². The number of hydrogen-bond donors (Lipinski definition) is 1. The predicted molar refractivity (Wildman–Crippen MR) is 86.8 cm³/mol. The second-order valence-electron chi connectivity index (χ2n) is 5.57. The molecule has 1 N–H and O–H groups in total. The van der Waals surface area contributed by atoms with Crippen LogP contribution in [0.1, 0.15) is 17.5 Å². The zero-order valence-corrected chi connectivity index (χ0v) is 12.3. The zero-order valence-electron chi connectivity index (χ0n) is 12.3. The molecule has 2 aromatic rings. The van der Waals surface area contributed by atoms with Crippen LogP contribution in [0.15, 0.2) is 48.5 Å². The molecule has 3 nitrogen and oxygen atoms in total. The Bertz CT molecular complexity index is 637. The van der Waals surface area contributed by atoms with Gasteiger partial charge in [-0.05, 0) is 43.5 Å². The highest BCUT2D eigenvalue weighted by molar-refractivity contribution is 5.94. The third-order valence-corrected chi connectivity index (χ3v) is 3.84. The third kappa shape index (κ3) is 3.24. The van der Waals surface area contributed by atoms with E-state index in [0.717, 1.165) is 25.1 Å². The van der Waals surface area contributed by atoms with Crippen molar-refractivity contribution in [3.8, 4) is 0 Å². The molecular weight excluding hydrogens is 260 g/mol. The number of aryl methyl sites for hydroxylation is 2. The Morgan fingerprint density at radius 1 is 1.19 bits per heavy atom. The van der Waals surface area contributed by atoms with Crippen molar-refractivity contribution in [1.82, 2.24) is 0 Å². The van der Waals surface area contributed by atoms with Crippen molar-refractivity contribution in [3.05, 3.63) is 59.7 Å². The Morgan fingerprint density at radius 2 is 2.00 bits per heavy atom. The molecule has 1 amide bonds. The van der Waals surface area contributed by atoms with E-state index < -0.39 is 0 Å². The molecule has 3 heteroatoms. The van der Waals surface area contributed by atoms with E-state index in [4.69, 9.17) is 0 Å². The van der Waals surface area contributed by atoms with Crippen LogP contribution in [0.5, 0.6) is 0 Å². The Hall–Kier alpha value is -2.29. The van der Waals surface area contributed by atoms with Crippen molar-refractivity contribution in [2.24, 2.45) is 0 Å². The largest absolute Gasteiger partial charge is 0.362 e. The number of benzene rings is 2. The average molecular weight is 280 g/mol. The number of carbonyl (C=O) groups excluding carboxylic acids is 1. The molecular formula is C18H20N2O. The number of amides is 1. The maximum Gasteiger partial charge on any atom is 0.243 e. The fourth-order valence-corrected chi connectivity index (χ4v) is 2.86. The topological polar surface area (TPSA) is 32.3 Å². The lowest BCUT2D eigenvalue weighted by Gasteiger charge is -2.31. The average Bonchev–Trinajstić information content (AvgIpc) is 2.48. The predicted octanol–water partition coefficient (Wildman–Crippen LogP) is 3.39. The van der Waals surface area contributed by atoms with E-state index in [1.807, 2.05) is 30.3 Å². The molecule has 21 heavy (non-hydrogen) atoms. The van der Waals surface area contributed by atoms with Crippen LogP contribution in [-0.4, -0.2) is 19.0 Å². The van der Waals surface area contributed by atoms with Gasteiger partial charge in [-0.2, -0.15) is 0 Å². The van der Waals surface area contributed by atoms with Crippen molar-refractivity contribution in [2.75, 3.05) is 23.3 Å². The van der Waals surface area contributed by atoms with E-state index in [9.17, 15) is 4.79 Å². The molecule has 108 valence electrons. The molecule has 2 aromatic carbocycles.